The normalized spacial score (nSPS) is 17.8. The van der Waals surface area contributed by atoms with Crippen molar-refractivity contribution in [2.24, 2.45) is 22.4 Å². The van der Waals surface area contributed by atoms with Crippen LogP contribution in [0.1, 0.15) is 35.8 Å². The minimum atomic E-state index is -0.417. The third-order valence-corrected chi connectivity index (χ3v) is 3.52. The quantitative estimate of drug-likeness (QED) is 0.375. The molecule has 0 bridgehead atoms. The number of amides is 1. The molecule has 8 heteroatoms. The molecule has 0 radical (unpaired) electrons. The fraction of sp³-hybridized carbons (Fsp3) is 0.615. The Morgan fingerprint density at radius 2 is 2.33 bits per heavy atom. The standard InChI is InChI=1S/C13H22N6O.HI/c1-2-4-16-13(15)17-7-9-3-5-19-11(6-9)10(8-18-19)12(14)20;/h8-9H,2-7H2,1H3,(H2,14,20)(H3,15,16,17);1H. The summed E-state index contributed by atoms with van der Waals surface area (Å²) in [6.45, 7) is 4.36. The summed E-state index contributed by atoms with van der Waals surface area (Å²) in [5.74, 6) is 0.444. The van der Waals surface area contributed by atoms with Crippen LogP contribution in [0.15, 0.2) is 11.2 Å². The lowest BCUT2D eigenvalue weighted by atomic mass is 9.94. The van der Waals surface area contributed by atoms with E-state index in [0.29, 0.717) is 24.0 Å². The minimum absolute atomic E-state index is 0. The van der Waals surface area contributed by atoms with Gasteiger partial charge < -0.3 is 16.8 Å². The van der Waals surface area contributed by atoms with E-state index >= 15 is 0 Å². The molecule has 1 amide bonds. The SMILES string of the molecule is CCCNC(N)=NCC1CCn2ncc(C(N)=O)c2C1.I. The Hall–Kier alpha value is -1.32. The highest BCUT2D eigenvalue weighted by Crippen LogP contribution is 2.22. The number of nitrogens with two attached hydrogens (primary N) is 2. The lowest BCUT2D eigenvalue weighted by Crippen LogP contribution is -2.33. The van der Waals surface area contributed by atoms with Crippen molar-refractivity contribution in [3.05, 3.63) is 17.5 Å². The third kappa shape index (κ3) is 4.58. The van der Waals surface area contributed by atoms with Gasteiger partial charge in [-0.1, -0.05) is 6.92 Å². The number of rotatable bonds is 5. The average Bonchev–Trinajstić information content (AvgIpc) is 2.86. The first-order valence-corrected chi connectivity index (χ1v) is 7.00. The van der Waals surface area contributed by atoms with Gasteiger partial charge in [-0.05, 0) is 25.2 Å². The van der Waals surface area contributed by atoms with E-state index in [-0.39, 0.29) is 24.0 Å². The number of carbonyl (C=O) groups excluding carboxylic acids is 1. The van der Waals surface area contributed by atoms with Crippen molar-refractivity contribution in [2.45, 2.75) is 32.7 Å². The number of aromatic nitrogens is 2. The average molecular weight is 406 g/mol. The predicted octanol–water partition coefficient (Wildman–Crippen LogP) is 0.477. The van der Waals surface area contributed by atoms with Gasteiger partial charge in [-0.15, -0.1) is 24.0 Å². The van der Waals surface area contributed by atoms with Crippen molar-refractivity contribution >= 4 is 35.8 Å². The molecule has 21 heavy (non-hydrogen) atoms. The predicted molar refractivity (Wildman–Crippen MR) is 92.8 cm³/mol. The van der Waals surface area contributed by atoms with E-state index in [4.69, 9.17) is 11.5 Å². The van der Waals surface area contributed by atoms with Gasteiger partial charge in [-0.25, -0.2) is 0 Å². The van der Waals surface area contributed by atoms with Gasteiger partial charge in [-0.3, -0.25) is 14.5 Å². The zero-order valence-corrected chi connectivity index (χ0v) is 14.5. The van der Waals surface area contributed by atoms with Crippen LogP contribution in [0.2, 0.25) is 0 Å². The number of guanidine groups is 1. The van der Waals surface area contributed by atoms with E-state index in [2.05, 4.69) is 22.3 Å². The molecule has 118 valence electrons. The van der Waals surface area contributed by atoms with E-state index in [1.165, 1.54) is 0 Å². The summed E-state index contributed by atoms with van der Waals surface area (Å²) in [6.07, 6.45) is 4.32. The van der Waals surface area contributed by atoms with E-state index in [9.17, 15) is 4.79 Å². The molecule has 7 nitrogen and oxygen atoms in total. The molecule has 1 aliphatic rings. The minimum Gasteiger partial charge on any atom is -0.370 e. The van der Waals surface area contributed by atoms with Gasteiger partial charge in [-0.2, -0.15) is 5.10 Å². The van der Waals surface area contributed by atoms with Crippen LogP contribution in [0, 0.1) is 5.92 Å². The number of fused-ring (bicyclic) bond motifs is 1. The second kappa shape index (κ2) is 8.20. The molecule has 1 atom stereocenters. The molecule has 5 N–H and O–H groups in total. The van der Waals surface area contributed by atoms with Crippen molar-refractivity contribution in [1.29, 1.82) is 0 Å². The Labute approximate surface area is 141 Å². The molecule has 0 saturated carbocycles. The molecule has 1 aliphatic heterocycles. The van der Waals surface area contributed by atoms with E-state index < -0.39 is 5.91 Å². The van der Waals surface area contributed by atoms with Crippen LogP contribution in [-0.4, -0.2) is 34.7 Å². The van der Waals surface area contributed by atoms with E-state index in [1.54, 1.807) is 6.20 Å². The molecule has 0 fully saturated rings. The zero-order chi connectivity index (χ0) is 14.5. The van der Waals surface area contributed by atoms with Crippen molar-refractivity contribution in [3.8, 4) is 0 Å². The second-order valence-corrected chi connectivity index (χ2v) is 5.10. The summed E-state index contributed by atoms with van der Waals surface area (Å²) in [5.41, 5.74) is 12.6. The Balaban J connectivity index is 0.00000220. The van der Waals surface area contributed by atoms with Crippen LogP contribution in [-0.2, 0) is 13.0 Å². The first-order valence-electron chi connectivity index (χ1n) is 7.00. The Kier molecular flexibility index (Phi) is 6.93. The lowest BCUT2D eigenvalue weighted by Gasteiger charge is -2.22. The largest absolute Gasteiger partial charge is 0.370 e. The molecule has 1 unspecified atom stereocenters. The highest BCUT2D eigenvalue weighted by Gasteiger charge is 2.24. The van der Waals surface area contributed by atoms with E-state index in [1.807, 2.05) is 4.68 Å². The van der Waals surface area contributed by atoms with Crippen LogP contribution in [0.25, 0.3) is 0 Å². The molecule has 1 aromatic heterocycles. The number of nitrogens with one attached hydrogen (secondary N) is 1. The molecule has 0 aliphatic carbocycles. The Bertz CT molecular complexity index is 513. The molecule has 2 rings (SSSR count). The van der Waals surface area contributed by atoms with Gasteiger partial charge in [0.25, 0.3) is 5.91 Å². The molecule has 0 spiro atoms. The molecule has 0 aromatic carbocycles. The number of nitrogens with zero attached hydrogens (tertiary/aromatic N) is 3. The molecule has 1 aromatic rings. The van der Waals surface area contributed by atoms with Crippen LogP contribution in [0.3, 0.4) is 0 Å². The second-order valence-electron chi connectivity index (χ2n) is 5.10. The smallest absolute Gasteiger partial charge is 0.252 e. The fourth-order valence-corrected chi connectivity index (χ4v) is 2.40. The maximum Gasteiger partial charge on any atom is 0.252 e. The van der Waals surface area contributed by atoms with Crippen LogP contribution >= 0.6 is 24.0 Å². The third-order valence-electron chi connectivity index (χ3n) is 3.52. The summed E-state index contributed by atoms with van der Waals surface area (Å²) in [7, 11) is 0. The number of halogens is 1. The van der Waals surface area contributed by atoms with Crippen molar-refractivity contribution in [2.75, 3.05) is 13.1 Å². The van der Waals surface area contributed by atoms with Crippen molar-refractivity contribution in [3.63, 3.8) is 0 Å². The van der Waals surface area contributed by atoms with Crippen molar-refractivity contribution in [1.82, 2.24) is 15.1 Å². The van der Waals surface area contributed by atoms with Gasteiger partial charge in [0.1, 0.15) is 0 Å². The highest BCUT2D eigenvalue weighted by atomic mass is 127. The maximum absolute atomic E-state index is 11.3. The first-order chi connectivity index (χ1) is 9.61. The first kappa shape index (κ1) is 17.7. The van der Waals surface area contributed by atoms with E-state index in [0.717, 1.165) is 38.0 Å². The summed E-state index contributed by atoms with van der Waals surface area (Å²) in [5, 5.41) is 7.24. The summed E-state index contributed by atoms with van der Waals surface area (Å²) in [6, 6.07) is 0. The van der Waals surface area contributed by atoms with Gasteiger partial charge >= 0.3 is 0 Å². The van der Waals surface area contributed by atoms with Gasteiger partial charge in [0, 0.05) is 19.6 Å². The number of aliphatic imine (C=N–C) groups is 1. The molecular formula is C13H23IN6O. The summed E-state index contributed by atoms with van der Waals surface area (Å²) in [4.78, 5) is 15.7. The van der Waals surface area contributed by atoms with Crippen LogP contribution in [0.5, 0.6) is 0 Å². The number of primary amides is 1. The zero-order valence-electron chi connectivity index (χ0n) is 12.2. The van der Waals surface area contributed by atoms with Gasteiger partial charge in [0.15, 0.2) is 5.96 Å². The van der Waals surface area contributed by atoms with Gasteiger partial charge in [0.2, 0.25) is 0 Å². The molecule has 2 heterocycles. The number of hydrogen-bond acceptors (Lipinski definition) is 3. The highest BCUT2D eigenvalue weighted by molar-refractivity contribution is 14.0. The fourth-order valence-electron chi connectivity index (χ4n) is 2.40. The number of hydrogen-bond donors (Lipinski definition) is 3. The van der Waals surface area contributed by atoms with Crippen LogP contribution < -0.4 is 16.8 Å². The van der Waals surface area contributed by atoms with Crippen molar-refractivity contribution < 1.29 is 4.79 Å². The molecule has 0 saturated heterocycles. The Morgan fingerprint density at radius 1 is 1.57 bits per heavy atom. The Morgan fingerprint density at radius 3 is 3.00 bits per heavy atom. The topological polar surface area (TPSA) is 111 Å². The summed E-state index contributed by atoms with van der Waals surface area (Å²) < 4.78 is 1.86. The van der Waals surface area contributed by atoms with Crippen LogP contribution in [0.4, 0.5) is 0 Å². The number of aryl methyl sites for hydroxylation is 1. The maximum atomic E-state index is 11.3. The van der Waals surface area contributed by atoms with Gasteiger partial charge in [0.05, 0.1) is 17.5 Å². The number of carbonyl (C=O) groups is 1. The molecular weight excluding hydrogens is 383 g/mol. The monoisotopic (exact) mass is 406 g/mol. The summed E-state index contributed by atoms with van der Waals surface area (Å²) >= 11 is 0. The lowest BCUT2D eigenvalue weighted by molar-refractivity contribution is 0.0998.